The lowest BCUT2D eigenvalue weighted by Gasteiger charge is -2.11. The van der Waals surface area contributed by atoms with E-state index >= 15 is 0 Å². The molecule has 0 rings (SSSR count). The number of rotatable bonds is 0. The molecule has 0 aliphatic rings. The van der Waals surface area contributed by atoms with Crippen LogP contribution in [-0.2, 0) is 9.59 Å². The van der Waals surface area contributed by atoms with Gasteiger partial charge in [0.15, 0.2) is 0 Å². The van der Waals surface area contributed by atoms with E-state index < -0.39 is 0 Å². The predicted octanol–water partition coefficient (Wildman–Crippen LogP) is 1.75. The number of carbonyl (C=O) groups is 2. The second kappa shape index (κ2) is 9.36. The van der Waals surface area contributed by atoms with Crippen molar-refractivity contribution in [3.05, 3.63) is 0 Å². The first kappa shape index (κ1) is 21.6. The molecule has 0 atom stereocenters. The molecule has 0 heterocycles. The molecule has 0 amide bonds. The Morgan fingerprint density at radius 1 is 0.765 bits per heavy atom. The Kier molecular flexibility index (Phi) is 11.9. The summed E-state index contributed by atoms with van der Waals surface area (Å²) in [7, 11) is 0. The van der Waals surface area contributed by atoms with Gasteiger partial charge >= 0.3 is 7.69 Å². The van der Waals surface area contributed by atoms with Crippen molar-refractivity contribution in [2.75, 3.05) is 0 Å². The average molecular weight is 245 g/mol. The Labute approximate surface area is 106 Å². The summed E-state index contributed by atoms with van der Waals surface area (Å²) in [5, 5.41) is 14.0. The Morgan fingerprint density at radius 3 is 0.824 bits per heavy atom. The lowest BCUT2D eigenvalue weighted by Crippen LogP contribution is -2.15. The number of hydrogen-bond acceptors (Lipinski definition) is 4. The quantitative estimate of drug-likeness (QED) is 0.637. The van der Waals surface area contributed by atoms with Gasteiger partial charge in [-0.25, -0.2) is 0 Å². The van der Waals surface area contributed by atoms with Crippen molar-refractivity contribution in [2.24, 2.45) is 10.8 Å². The molecule has 101 valence electrons. The summed E-state index contributed by atoms with van der Waals surface area (Å²) in [6.45, 7) is 14.7. The lowest BCUT2D eigenvalue weighted by atomic mass is 9.92. The van der Waals surface area contributed by atoms with Crippen molar-refractivity contribution in [2.45, 2.75) is 55.4 Å². The van der Waals surface area contributed by atoms with E-state index in [2.05, 4.69) is 0 Å². The highest BCUT2D eigenvalue weighted by Crippen LogP contribution is 2.13. The number of Topliss-reactive ketones (excluding diaryl/α,β-unsaturated/α-hetero) is 2. The highest BCUT2D eigenvalue weighted by atomic mass is 16.4. The van der Waals surface area contributed by atoms with E-state index in [1.165, 1.54) is 0 Å². The van der Waals surface area contributed by atoms with Crippen LogP contribution >= 0.6 is 0 Å². The molecule has 1 radical (unpaired) electrons. The molecule has 0 aromatic carbocycles. The van der Waals surface area contributed by atoms with E-state index in [-0.39, 0.29) is 30.1 Å². The molecule has 0 aliphatic heterocycles. The van der Waals surface area contributed by atoms with Gasteiger partial charge in [-0.2, -0.15) is 0 Å². The molecule has 0 unspecified atom stereocenters. The Hall–Kier alpha value is -0.675. The van der Waals surface area contributed by atoms with Gasteiger partial charge < -0.3 is 10.0 Å². The number of hydrogen-bond donors (Lipinski definition) is 2. The normalized spacial score (nSPS) is 10.2. The molecule has 2 N–H and O–H groups in total. The molecule has 4 nitrogen and oxygen atoms in total. The zero-order valence-corrected chi connectivity index (χ0v) is 12.3. The maximum absolute atomic E-state index is 10.5. The molecule has 0 aliphatic carbocycles. The summed E-state index contributed by atoms with van der Waals surface area (Å²) < 4.78 is 0. The first-order valence-electron chi connectivity index (χ1n) is 5.42. The van der Waals surface area contributed by atoms with Crippen LogP contribution in [0.5, 0.6) is 0 Å². The third-order valence-electron chi connectivity index (χ3n) is 2.11. The van der Waals surface area contributed by atoms with Crippen LogP contribution in [0, 0.1) is 10.8 Å². The third kappa shape index (κ3) is 21.2. The molecule has 0 saturated heterocycles. The minimum atomic E-state index is -0.139. The van der Waals surface area contributed by atoms with Crippen LogP contribution < -0.4 is 0 Å². The fourth-order valence-corrected chi connectivity index (χ4v) is 0. The van der Waals surface area contributed by atoms with Crippen molar-refractivity contribution >= 4 is 19.3 Å². The maximum atomic E-state index is 10.5. The fraction of sp³-hybridized carbons (Fsp3) is 0.833. The van der Waals surface area contributed by atoms with Crippen LogP contribution in [0.25, 0.3) is 0 Å². The number of ketones is 2. The highest BCUT2D eigenvalue weighted by Gasteiger charge is 2.15. The SMILES string of the molecule is CC(=O)C(C)(C)C.CC(=O)C(C)(C)C.O[B]O. The first-order chi connectivity index (χ1) is 7.30. The van der Waals surface area contributed by atoms with Crippen molar-refractivity contribution in [1.82, 2.24) is 0 Å². The zero-order valence-electron chi connectivity index (χ0n) is 12.3. The summed E-state index contributed by atoms with van der Waals surface area (Å²) in [5.74, 6) is 0.486. The largest absolute Gasteiger partial charge is 0.482 e. The Morgan fingerprint density at radius 2 is 0.824 bits per heavy atom. The van der Waals surface area contributed by atoms with Gasteiger partial charge in [-0.3, -0.25) is 9.59 Å². The molecular formula is C12H26BO4. The maximum Gasteiger partial charge on any atom is 0.482 e. The van der Waals surface area contributed by atoms with Gasteiger partial charge in [-0.05, 0) is 13.8 Å². The van der Waals surface area contributed by atoms with E-state index in [0.717, 1.165) is 0 Å². The predicted molar refractivity (Wildman–Crippen MR) is 70.5 cm³/mol. The molecule has 0 spiro atoms. The summed E-state index contributed by atoms with van der Waals surface area (Å²) in [6, 6.07) is 0. The van der Waals surface area contributed by atoms with Crippen LogP contribution in [0.1, 0.15) is 55.4 Å². The minimum absolute atomic E-state index is 0. The van der Waals surface area contributed by atoms with Gasteiger partial charge in [0.25, 0.3) is 0 Å². The van der Waals surface area contributed by atoms with E-state index in [9.17, 15) is 9.59 Å². The molecule has 0 fully saturated rings. The Balaban J connectivity index is -0.000000188. The van der Waals surface area contributed by atoms with Gasteiger partial charge in [-0.1, -0.05) is 41.5 Å². The molecule has 0 saturated carbocycles. The summed E-state index contributed by atoms with van der Waals surface area (Å²) in [6.07, 6.45) is 0. The second-order valence-corrected chi connectivity index (χ2v) is 5.73. The zero-order chi connectivity index (χ0) is 14.9. The van der Waals surface area contributed by atoms with Gasteiger partial charge in [0.2, 0.25) is 0 Å². The van der Waals surface area contributed by atoms with Crippen LogP contribution in [0.2, 0.25) is 0 Å². The number of carbonyl (C=O) groups excluding carboxylic acids is 2. The smallest absolute Gasteiger partial charge is 0.429 e. The van der Waals surface area contributed by atoms with Crippen molar-refractivity contribution in [3.63, 3.8) is 0 Å². The van der Waals surface area contributed by atoms with Crippen molar-refractivity contribution in [3.8, 4) is 0 Å². The summed E-state index contributed by atoms with van der Waals surface area (Å²) >= 11 is 0. The molecule has 5 heteroatoms. The molecule has 0 aromatic rings. The van der Waals surface area contributed by atoms with Gasteiger partial charge in [0.1, 0.15) is 11.6 Å². The standard InChI is InChI=1S/2C6H12O.BH2O2/c2*1-5(7)6(2,3)4;2-1-3/h2*1-4H3;2-3H. The summed E-state index contributed by atoms with van der Waals surface area (Å²) in [5.41, 5.74) is -0.278. The molecule has 17 heavy (non-hydrogen) atoms. The van der Waals surface area contributed by atoms with E-state index in [1.807, 2.05) is 41.5 Å². The molecule has 0 bridgehead atoms. The van der Waals surface area contributed by atoms with Crippen LogP contribution in [-0.4, -0.2) is 29.3 Å². The lowest BCUT2D eigenvalue weighted by molar-refractivity contribution is -0.124. The van der Waals surface area contributed by atoms with E-state index in [4.69, 9.17) is 10.0 Å². The van der Waals surface area contributed by atoms with Gasteiger partial charge in [-0.15, -0.1) is 0 Å². The average Bonchev–Trinajstić information content (AvgIpc) is 2.02. The van der Waals surface area contributed by atoms with Crippen LogP contribution in [0.3, 0.4) is 0 Å². The van der Waals surface area contributed by atoms with Crippen molar-refractivity contribution in [1.29, 1.82) is 0 Å². The van der Waals surface area contributed by atoms with E-state index in [0.29, 0.717) is 0 Å². The second-order valence-electron chi connectivity index (χ2n) is 5.73. The topological polar surface area (TPSA) is 74.6 Å². The van der Waals surface area contributed by atoms with Crippen LogP contribution in [0.4, 0.5) is 0 Å². The van der Waals surface area contributed by atoms with Crippen molar-refractivity contribution < 1.29 is 19.6 Å². The third-order valence-corrected chi connectivity index (χ3v) is 2.11. The molecular weight excluding hydrogens is 219 g/mol. The van der Waals surface area contributed by atoms with E-state index in [1.54, 1.807) is 13.8 Å². The Bertz CT molecular complexity index is 200. The monoisotopic (exact) mass is 245 g/mol. The molecule has 0 aromatic heterocycles. The minimum Gasteiger partial charge on any atom is -0.429 e. The van der Waals surface area contributed by atoms with Gasteiger partial charge in [0.05, 0.1) is 0 Å². The van der Waals surface area contributed by atoms with Crippen LogP contribution in [0.15, 0.2) is 0 Å². The highest BCUT2D eigenvalue weighted by molar-refractivity contribution is 6.13. The fourth-order valence-electron chi connectivity index (χ4n) is 0. The first-order valence-corrected chi connectivity index (χ1v) is 5.42. The summed E-state index contributed by atoms with van der Waals surface area (Å²) in [4.78, 5) is 20.9. The van der Waals surface area contributed by atoms with Gasteiger partial charge in [0, 0.05) is 10.8 Å².